The molecule has 5 heteroatoms. The lowest BCUT2D eigenvalue weighted by molar-refractivity contribution is 0.289. The highest BCUT2D eigenvalue weighted by molar-refractivity contribution is 7.90. The molecule has 24 heavy (non-hydrogen) atoms. The van der Waals surface area contributed by atoms with Crippen LogP contribution in [0.1, 0.15) is 18.4 Å². The fourth-order valence-electron chi connectivity index (χ4n) is 3.23. The second-order valence-corrected chi connectivity index (χ2v) is 8.33. The van der Waals surface area contributed by atoms with Gasteiger partial charge in [-0.2, -0.15) is 0 Å². The van der Waals surface area contributed by atoms with Gasteiger partial charge in [0.15, 0.2) is 9.84 Å². The van der Waals surface area contributed by atoms with E-state index in [1.54, 1.807) is 18.2 Å². The molecule has 2 aromatic rings. The highest BCUT2D eigenvalue weighted by atomic mass is 32.2. The van der Waals surface area contributed by atoms with Crippen molar-refractivity contribution in [2.24, 2.45) is 0 Å². The van der Waals surface area contributed by atoms with Gasteiger partial charge >= 0.3 is 0 Å². The van der Waals surface area contributed by atoms with Crippen LogP contribution in [-0.4, -0.2) is 39.5 Å². The summed E-state index contributed by atoms with van der Waals surface area (Å²) in [6.45, 7) is 2.04. The van der Waals surface area contributed by atoms with Crippen molar-refractivity contribution in [1.82, 2.24) is 0 Å². The molecular weight excluding hydrogens is 322 g/mol. The number of nitrogens with zero attached hydrogens (tertiary/aromatic N) is 1. The molecule has 0 aromatic heterocycles. The van der Waals surface area contributed by atoms with Gasteiger partial charge in [0.2, 0.25) is 0 Å². The second-order valence-electron chi connectivity index (χ2n) is 6.31. The van der Waals surface area contributed by atoms with Crippen LogP contribution in [0, 0.1) is 0 Å². The number of rotatable bonds is 5. The molecule has 4 nitrogen and oxygen atoms in total. The molecule has 0 amide bonds. The normalized spacial score (nSPS) is 14.5. The number of fused-ring (bicyclic) bond motifs is 1. The Morgan fingerprint density at radius 1 is 1.12 bits per heavy atom. The zero-order valence-corrected chi connectivity index (χ0v) is 14.7. The zero-order chi connectivity index (χ0) is 17.2. The lowest BCUT2D eigenvalue weighted by Gasteiger charge is -2.31. The molecule has 1 heterocycles. The van der Waals surface area contributed by atoms with Crippen LogP contribution in [0.2, 0.25) is 0 Å². The monoisotopic (exact) mass is 345 g/mol. The van der Waals surface area contributed by atoms with E-state index in [1.165, 1.54) is 17.5 Å². The highest BCUT2D eigenvalue weighted by Gasteiger charge is 2.17. The maximum Gasteiger partial charge on any atom is 0.175 e. The van der Waals surface area contributed by atoms with Crippen molar-refractivity contribution in [2.75, 3.05) is 30.9 Å². The van der Waals surface area contributed by atoms with Crippen molar-refractivity contribution in [1.29, 1.82) is 0 Å². The van der Waals surface area contributed by atoms with Gasteiger partial charge in [-0.15, -0.1) is 0 Å². The van der Waals surface area contributed by atoms with E-state index in [0.717, 1.165) is 43.5 Å². The summed E-state index contributed by atoms with van der Waals surface area (Å²) in [5.74, 6) is 0. The van der Waals surface area contributed by atoms with E-state index in [0.29, 0.717) is 4.90 Å². The van der Waals surface area contributed by atoms with E-state index in [4.69, 9.17) is 5.11 Å². The molecule has 1 aliphatic rings. The Hall–Kier alpha value is -1.85. The number of hydrogen-bond donors (Lipinski definition) is 1. The van der Waals surface area contributed by atoms with E-state index in [1.807, 2.05) is 6.07 Å². The first-order chi connectivity index (χ1) is 11.5. The molecule has 1 aliphatic heterocycles. The highest BCUT2D eigenvalue weighted by Crippen LogP contribution is 2.32. The number of sulfone groups is 1. The standard InChI is InChI=1S/C19H23NO3S/c1-24(22,23)18-7-2-5-16(13-18)17-9-8-15-6-3-10-20(11-4-12-21)19(15)14-17/h2,5,7-9,13-14,21H,3-4,6,10-12H2,1H3. The fourth-order valence-corrected chi connectivity index (χ4v) is 3.90. The summed E-state index contributed by atoms with van der Waals surface area (Å²) in [6, 6.07) is 13.4. The molecule has 0 atom stereocenters. The van der Waals surface area contributed by atoms with Crippen LogP contribution in [-0.2, 0) is 16.3 Å². The maximum atomic E-state index is 11.8. The van der Waals surface area contributed by atoms with Gasteiger partial charge in [-0.05, 0) is 54.2 Å². The van der Waals surface area contributed by atoms with E-state index >= 15 is 0 Å². The molecule has 0 saturated heterocycles. The third kappa shape index (κ3) is 3.62. The Morgan fingerprint density at radius 2 is 1.92 bits per heavy atom. The molecule has 0 aliphatic carbocycles. The lowest BCUT2D eigenvalue weighted by atomic mass is 9.96. The quantitative estimate of drug-likeness (QED) is 0.905. The minimum atomic E-state index is -3.21. The van der Waals surface area contributed by atoms with Crippen LogP contribution in [0.4, 0.5) is 5.69 Å². The first kappa shape index (κ1) is 17.0. The molecule has 3 rings (SSSR count). The van der Waals surface area contributed by atoms with Gasteiger partial charge in [0, 0.05) is 31.6 Å². The number of benzene rings is 2. The Labute approximate surface area is 143 Å². The number of hydrogen-bond acceptors (Lipinski definition) is 4. The molecule has 0 bridgehead atoms. The topological polar surface area (TPSA) is 57.6 Å². The first-order valence-corrected chi connectivity index (χ1v) is 10.2. The number of aryl methyl sites for hydroxylation is 1. The molecular formula is C19H23NO3S. The zero-order valence-electron chi connectivity index (χ0n) is 13.9. The third-order valence-electron chi connectivity index (χ3n) is 4.48. The minimum Gasteiger partial charge on any atom is -0.396 e. The Bertz CT molecular complexity index is 830. The van der Waals surface area contributed by atoms with Crippen molar-refractivity contribution >= 4 is 15.5 Å². The largest absolute Gasteiger partial charge is 0.396 e. The molecule has 0 unspecified atom stereocenters. The smallest absolute Gasteiger partial charge is 0.175 e. The first-order valence-electron chi connectivity index (χ1n) is 8.28. The Kier molecular flexibility index (Phi) is 4.92. The van der Waals surface area contributed by atoms with Crippen molar-refractivity contribution < 1.29 is 13.5 Å². The van der Waals surface area contributed by atoms with Gasteiger partial charge in [0.05, 0.1) is 4.90 Å². The van der Waals surface area contributed by atoms with Crippen molar-refractivity contribution in [2.45, 2.75) is 24.2 Å². The van der Waals surface area contributed by atoms with Crippen molar-refractivity contribution in [3.8, 4) is 11.1 Å². The summed E-state index contributed by atoms with van der Waals surface area (Å²) < 4.78 is 23.6. The van der Waals surface area contributed by atoms with Crippen LogP contribution >= 0.6 is 0 Å². The summed E-state index contributed by atoms with van der Waals surface area (Å²) in [6.07, 6.45) is 4.18. The summed E-state index contributed by atoms with van der Waals surface area (Å²) in [5.41, 5.74) is 4.46. The molecule has 0 radical (unpaired) electrons. The van der Waals surface area contributed by atoms with Gasteiger partial charge in [-0.1, -0.05) is 24.3 Å². The van der Waals surface area contributed by atoms with E-state index in [2.05, 4.69) is 23.1 Å². The number of aliphatic hydroxyl groups is 1. The van der Waals surface area contributed by atoms with Gasteiger partial charge in [0.1, 0.15) is 0 Å². The maximum absolute atomic E-state index is 11.8. The summed E-state index contributed by atoms with van der Waals surface area (Å²) >= 11 is 0. The summed E-state index contributed by atoms with van der Waals surface area (Å²) in [4.78, 5) is 2.66. The van der Waals surface area contributed by atoms with Gasteiger partial charge in [-0.25, -0.2) is 8.42 Å². The average Bonchev–Trinajstić information content (AvgIpc) is 2.59. The van der Waals surface area contributed by atoms with Crippen LogP contribution in [0.3, 0.4) is 0 Å². The Balaban J connectivity index is 1.99. The molecule has 0 spiro atoms. The van der Waals surface area contributed by atoms with Gasteiger partial charge < -0.3 is 10.0 Å². The van der Waals surface area contributed by atoms with Crippen molar-refractivity contribution in [3.63, 3.8) is 0 Å². The predicted molar refractivity (Wildman–Crippen MR) is 97.2 cm³/mol. The van der Waals surface area contributed by atoms with Crippen LogP contribution in [0.15, 0.2) is 47.4 Å². The van der Waals surface area contributed by atoms with Crippen LogP contribution < -0.4 is 4.90 Å². The molecule has 1 N–H and O–H groups in total. The van der Waals surface area contributed by atoms with Crippen molar-refractivity contribution in [3.05, 3.63) is 48.0 Å². The third-order valence-corrected chi connectivity index (χ3v) is 5.59. The fraction of sp³-hybridized carbons (Fsp3) is 0.368. The summed E-state index contributed by atoms with van der Waals surface area (Å²) in [7, 11) is -3.21. The van der Waals surface area contributed by atoms with Gasteiger partial charge in [-0.3, -0.25) is 0 Å². The molecule has 0 fully saturated rings. The number of aliphatic hydroxyl groups excluding tert-OH is 1. The predicted octanol–water partition coefficient (Wildman–Crippen LogP) is 2.89. The van der Waals surface area contributed by atoms with E-state index in [9.17, 15) is 8.42 Å². The van der Waals surface area contributed by atoms with Crippen LogP contribution in [0.25, 0.3) is 11.1 Å². The molecule has 128 valence electrons. The van der Waals surface area contributed by atoms with Crippen LogP contribution in [0.5, 0.6) is 0 Å². The minimum absolute atomic E-state index is 0.196. The van der Waals surface area contributed by atoms with E-state index < -0.39 is 9.84 Å². The molecule has 0 saturated carbocycles. The average molecular weight is 345 g/mol. The number of anilines is 1. The lowest BCUT2D eigenvalue weighted by Crippen LogP contribution is -2.30. The summed E-state index contributed by atoms with van der Waals surface area (Å²) in [5, 5.41) is 9.10. The second kappa shape index (κ2) is 6.95. The van der Waals surface area contributed by atoms with Gasteiger partial charge in [0.25, 0.3) is 0 Å². The molecule has 2 aromatic carbocycles. The SMILES string of the molecule is CS(=O)(=O)c1cccc(-c2ccc3c(c2)N(CCCO)CCC3)c1. The Morgan fingerprint density at radius 3 is 2.67 bits per heavy atom. The van der Waals surface area contributed by atoms with E-state index in [-0.39, 0.29) is 6.61 Å².